The summed E-state index contributed by atoms with van der Waals surface area (Å²) in [5.41, 5.74) is 2.49. The standard InChI is InChI=1S/C16H23NO/c1-12(2)15(7-5-6-10-17)14-9-8-13(3)16(11-14)18-4/h8-9,11-12,15H,5-7H2,1-4H3/t15-/m0/s1. The number of aryl methyl sites for hydroxylation is 1. The van der Waals surface area contributed by atoms with E-state index < -0.39 is 0 Å². The molecule has 18 heavy (non-hydrogen) atoms. The first kappa shape index (κ1) is 14.6. The smallest absolute Gasteiger partial charge is 0.122 e. The first-order valence-electron chi connectivity index (χ1n) is 6.61. The molecular formula is C16H23NO. The number of hydrogen-bond acceptors (Lipinski definition) is 2. The largest absolute Gasteiger partial charge is 0.496 e. The van der Waals surface area contributed by atoms with E-state index >= 15 is 0 Å². The topological polar surface area (TPSA) is 33.0 Å². The highest BCUT2D eigenvalue weighted by molar-refractivity contribution is 5.38. The molecule has 0 aliphatic carbocycles. The van der Waals surface area contributed by atoms with Gasteiger partial charge in [0.1, 0.15) is 5.75 Å². The fourth-order valence-corrected chi connectivity index (χ4v) is 2.35. The molecule has 0 saturated heterocycles. The summed E-state index contributed by atoms with van der Waals surface area (Å²) in [6, 6.07) is 8.67. The van der Waals surface area contributed by atoms with Crippen LogP contribution in [0.3, 0.4) is 0 Å². The Labute approximate surface area is 111 Å². The van der Waals surface area contributed by atoms with E-state index in [1.54, 1.807) is 7.11 Å². The number of methoxy groups -OCH3 is 1. The van der Waals surface area contributed by atoms with Crippen molar-refractivity contribution in [1.82, 2.24) is 0 Å². The molecule has 0 aliphatic rings. The van der Waals surface area contributed by atoms with Gasteiger partial charge in [0.2, 0.25) is 0 Å². The molecule has 2 nitrogen and oxygen atoms in total. The number of nitriles is 1. The lowest BCUT2D eigenvalue weighted by atomic mass is 9.84. The normalized spacial score (nSPS) is 12.2. The van der Waals surface area contributed by atoms with Gasteiger partial charge in [-0.3, -0.25) is 0 Å². The minimum Gasteiger partial charge on any atom is -0.496 e. The summed E-state index contributed by atoms with van der Waals surface area (Å²) in [7, 11) is 1.71. The maximum absolute atomic E-state index is 8.64. The molecule has 1 rings (SSSR count). The molecule has 0 heterocycles. The number of benzene rings is 1. The number of ether oxygens (including phenoxy) is 1. The summed E-state index contributed by atoms with van der Waals surface area (Å²) in [5, 5.41) is 8.64. The zero-order chi connectivity index (χ0) is 13.5. The molecule has 0 bridgehead atoms. The van der Waals surface area contributed by atoms with Crippen LogP contribution in [0.15, 0.2) is 18.2 Å². The molecule has 0 aromatic heterocycles. The molecule has 0 spiro atoms. The molecule has 0 N–H and O–H groups in total. The van der Waals surface area contributed by atoms with Gasteiger partial charge in [0.15, 0.2) is 0 Å². The van der Waals surface area contributed by atoms with Crippen LogP contribution in [0, 0.1) is 24.2 Å². The average molecular weight is 245 g/mol. The van der Waals surface area contributed by atoms with Gasteiger partial charge >= 0.3 is 0 Å². The van der Waals surface area contributed by atoms with Crippen molar-refractivity contribution in [3.8, 4) is 11.8 Å². The van der Waals surface area contributed by atoms with Gasteiger partial charge in [-0.25, -0.2) is 0 Å². The monoisotopic (exact) mass is 245 g/mol. The minimum absolute atomic E-state index is 0.507. The molecule has 0 radical (unpaired) electrons. The summed E-state index contributed by atoms with van der Waals surface area (Å²) < 4.78 is 5.39. The quantitative estimate of drug-likeness (QED) is 0.694. The van der Waals surface area contributed by atoms with Gasteiger partial charge in [0.25, 0.3) is 0 Å². The van der Waals surface area contributed by atoms with Gasteiger partial charge in [0.05, 0.1) is 13.2 Å². The molecule has 0 fully saturated rings. The van der Waals surface area contributed by atoms with Crippen molar-refractivity contribution in [3.63, 3.8) is 0 Å². The third kappa shape index (κ3) is 3.77. The molecule has 1 atom stereocenters. The van der Waals surface area contributed by atoms with Crippen molar-refractivity contribution in [3.05, 3.63) is 29.3 Å². The Kier molecular flexibility index (Phi) is 5.71. The van der Waals surface area contributed by atoms with Gasteiger partial charge < -0.3 is 4.74 Å². The first-order chi connectivity index (χ1) is 8.60. The second-order valence-electron chi connectivity index (χ2n) is 5.13. The Morgan fingerprint density at radius 3 is 2.61 bits per heavy atom. The van der Waals surface area contributed by atoms with E-state index in [4.69, 9.17) is 10.00 Å². The Bertz CT molecular complexity index is 418. The molecule has 0 amide bonds. The Balaban J connectivity index is 2.88. The fraction of sp³-hybridized carbons (Fsp3) is 0.562. The van der Waals surface area contributed by atoms with Gasteiger partial charge in [-0.2, -0.15) is 5.26 Å². The summed E-state index contributed by atoms with van der Waals surface area (Å²) in [6.07, 6.45) is 2.68. The average Bonchev–Trinajstić information content (AvgIpc) is 2.35. The van der Waals surface area contributed by atoms with Gasteiger partial charge in [-0.15, -0.1) is 0 Å². The van der Waals surface area contributed by atoms with E-state index in [2.05, 4.69) is 45.0 Å². The first-order valence-corrected chi connectivity index (χ1v) is 6.61. The van der Waals surface area contributed by atoms with Crippen LogP contribution in [-0.4, -0.2) is 7.11 Å². The number of nitrogens with zero attached hydrogens (tertiary/aromatic N) is 1. The molecule has 98 valence electrons. The Morgan fingerprint density at radius 1 is 1.33 bits per heavy atom. The predicted octanol–water partition coefficient (Wildman–Crippen LogP) is 4.44. The second kappa shape index (κ2) is 7.06. The van der Waals surface area contributed by atoms with E-state index in [0.717, 1.165) is 18.6 Å². The SMILES string of the molecule is COc1cc([C@@H](CCCC#N)C(C)C)ccc1C. The van der Waals surface area contributed by atoms with Crippen LogP contribution >= 0.6 is 0 Å². The van der Waals surface area contributed by atoms with Crippen molar-refractivity contribution < 1.29 is 4.74 Å². The molecular weight excluding hydrogens is 222 g/mol. The molecule has 0 aliphatic heterocycles. The molecule has 0 saturated carbocycles. The second-order valence-corrected chi connectivity index (χ2v) is 5.13. The van der Waals surface area contributed by atoms with Gasteiger partial charge in [-0.05, 0) is 48.8 Å². The lowest BCUT2D eigenvalue weighted by Gasteiger charge is -2.22. The zero-order valence-electron chi connectivity index (χ0n) is 11.9. The van der Waals surface area contributed by atoms with Crippen molar-refractivity contribution in [2.75, 3.05) is 7.11 Å². The van der Waals surface area contributed by atoms with Crippen LogP contribution in [0.1, 0.15) is 50.2 Å². The van der Waals surface area contributed by atoms with Crippen molar-refractivity contribution in [2.24, 2.45) is 5.92 Å². The van der Waals surface area contributed by atoms with Crippen LogP contribution < -0.4 is 4.74 Å². The van der Waals surface area contributed by atoms with Gasteiger partial charge in [0, 0.05) is 6.42 Å². The van der Waals surface area contributed by atoms with Crippen LogP contribution in [0.25, 0.3) is 0 Å². The van der Waals surface area contributed by atoms with Crippen molar-refractivity contribution >= 4 is 0 Å². The lowest BCUT2D eigenvalue weighted by molar-refractivity contribution is 0.407. The maximum Gasteiger partial charge on any atom is 0.122 e. The Morgan fingerprint density at radius 2 is 2.06 bits per heavy atom. The van der Waals surface area contributed by atoms with E-state index in [1.165, 1.54) is 11.1 Å². The number of hydrogen-bond donors (Lipinski definition) is 0. The summed E-state index contributed by atoms with van der Waals surface area (Å²) in [5.74, 6) is 2.04. The third-order valence-electron chi connectivity index (χ3n) is 3.47. The highest BCUT2D eigenvalue weighted by Gasteiger charge is 2.16. The molecule has 2 heteroatoms. The van der Waals surface area contributed by atoms with Crippen molar-refractivity contribution in [1.29, 1.82) is 5.26 Å². The zero-order valence-corrected chi connectivity index (χ0v) is 11.9. The van der Waals surface area contributed by atoms with Crippen molar-refractivity contribution in [2.45, 2.75) is 46.0 Å². The summed E-state index contributed by atoms with van der Waals surface area (Å²) in [6.45, 7) is 6.54. The number of unbranched alkanes of at least 4 members (excludes halogenated alkanes) is 1. The summed E-state index contributed by atoms with van der Waals surface area (Å²) >= 11 is 0. The number of rotatable bonds is 6. The van der Waals surface area contributed by atoms with Gasteiger partial charge in [-0.1, -0.05) is 26.0 Å². The van der Waals surface area contributed by atoms with Crippen LogP contribution in [0.4, 0.5) is 0 Å². The Hall–Kier alpha value is -1.49. The minimum atomic E-state index is 0.507. The molecule has 0 unspecified atom stereocenters. The van der Waals surface area contributed by atoms with Crippen LogP contribution in [0.5, 0.6) is 5.75 Å². The highest BCUT2D eigenvalue weighted by atomic mass is 16.5. The van der Waals surface area contributed by atoms with E-state index in [9.17, 15) is 0 Å². The van der Waals surface area contributed by atoms with Crippen LogP contribution in [-0.2, 0) is 0 Å². The van der Waals surface area contributed by atoms with E-state index in [-0.39, 0.29) is 0 Å². The molecule has 1 aromatic rings. The van der Waals surface area contributed by atoms with E-state index in [1.807, 2.05) is 0 Å². The van der Waals surface area contributed by atoms with Crippen LogP contribution in [0.2, 0.25) is 0 Å². The maximum atomic E-state index is 8.64. The highest BCUT2D eigenvalue weighted by Crippen LogP contribution is 2.32. The lowest BCUT2D eigenvalue weighted by Crippen LogP contribution is -2.07. The third-order valence-corrected chi connectivity index (χ3v) is 3.47. The molecule has 1 aromatic carbocycles. The fourth-order valence-electron chi connectivity index (χ4n) is 2.35. The predicted molar refractivity (Wildman–Crippen MR) is 74.8 cm³/mol. The summed E-state index contributed by atoms with van der Waals surface area (Å²) in [4.78, 5) is 0. The van der Waals surface area contributed by atoms with E-state index in [0.29, 0.717) is 18.3 Å².